The minimum atomic E-state index is -0.778. The molecular formula is C22H30ClNO5. The van der Waals surface area contributed by atoms with Crippen molar-refractivity contribution in [1.82, 2.24) is 5.32 Å². The summed E-state index contributed by atoms with van der Waals surface area (Å²) < 4.78 is 10.0. The van der Waals surface area contributed by atoms with Crippen LogP contribution in [-0.4, -0.2) is 29.1 Å². The van der Waals surface area contributed by atoms with Gasteiger partial charge in [0.15, 0.2) is 11.5 Å². The molecule has 0 bridgehead atoms. The molecule has 2 rings (SSSR count). The van der Waals surface area contributed by atoms with E-state index in [0.717, 1.165) is 0 Å². The third-order valence-corrected chi connectivity index (χ3v) is 3.35. The Morgan fingerprint density at radius 2 is 1.38 bits per heavy atom. The van der Waals surface area contributed by atoms with Crippen LogP contribution in [0.5, 0.6) is 11.5 Å². The minimum Gasteiger partial charge on any atom is -0.423 e. The molecule has 0 fully saturated rings. The van der Waals surface area contributed by atoms with Gasteiger partial charge in [-0.2, -0.15) is 0 Å². The van der Waals surface area contributed by atoms with Crippen molar-refractivity contribution in [3.05, 3.63) is 60.2 Å². The first-order valence-electron chi connectivity index (χ1n) is 9.02. The number of carbonyl (C=O) groups is 2. The number of benzene rings is 2. The van der Waals surface area contributed by atoms with Gasteiger partial charge in [-0.05, 0) is 38.5 Å². The van der Waals surface area contributed by atoms with Crippen LogP contribution in [0.1, 0.15) is 46.3 Å². The molecule has 0 radical (unpaired) electrons. The molecule has 0 aliphatic heterocycles. The summed E-state index contributed by atoms with van der Waals surface area (Å²) >= 11 is 0. The van der Waals surface area contributed by atoms with Gasteiger partial charge in [0.1, 0.15) is 0 Å². The van der Waals surface area contributed by atoms with Gasteiger partial charge in [0.05, 0.1) is 6.10 Å². The summed E-state index contributed by atoms with van der Waals surface area (Å²) in [6.07, 6.45) is -0.778. The molecule has 0 saturated heterocycles. The van der Waals surface area contributed by atoms with E-state index in [1.807, 2.05) is 57.2 Å². The topological polar surface area (TPSA) is 84.9 Å². The molecule has 1 atom stereocenters. The molecular weight excluding hydrogens is 394 g/mol. The van der Waals surface area contributed by atoms with Crippen LogP contribution in [0.2, 0.25) is 0 Å². The van der Waals surface area contributed by atoms with Gasteiger partial charge in [0.25, 0.3) is 0 Å². The highest BCUT2D eigenvalue weighted by Crippen LogP contribution is 2.31. The zero-order valence-electron chi connectivity index (χ0n) is 17.5. The van der Waals surface area contributed by atoms with E-state index in [1.54, 1.807) is 6.07 Å². The highest BCUT2D eigenvalue weighted by molar-refractivity contribution is 5.85. The van der Waals surface area contributed by atoms with E-state index in [0.29, 0.717) is 12.1 Å². The predicted molar refractivity (Wildman–Crippen MR) is 115 cm³/mol. The number of nitrogens with one attached hydrogen (secondary N) is 1. The van der Waals surface area contributed by atoms with Crippen LogP contribution in [0, 0.1) is 0 Å². The molecule has 2 N–H and O–H groups in total. The van der Waals surface area contributed by atoms with E-state index < -0.39 is 18.0 Å². The maximum atomic E-state index is 11.2. The van der Waals surface area contributed by atoms with Gasteiger partial charge in [-0.3, -0.25) is 9.59 Å². The third-order valence-electron chi connectivity index (χ3n) is 3.35. The number of halogens is 1. The lowest BCUT2D eigenvalue weighted by molar-refractivity contribution is -0.134. The highest BCUT2D eigenvalue weighted by Gasteiger charge is 2.17. The van der Waals surface area contributed by atoms with Crippen LogP contribution in [0.25, 0.3) is 0 Å². The molecule has 2 aromatic rings. The Balaban J connectivity index is 0.000000953. The lowest BCUT2D eigenvalue weighted by atomic mass is 10.1. The molecule has 6 nitrogen and oxygen atoms in total. The fourth-order valence-corrected chi connectivity index (χ4v) is 2.11. The van der Waals surface area contributed by atoms with Crippen molar-refractivity contribution in [2.45, 2.75) is 46.3 Å². The first-order chi connectivity index (χ1) is 13.1. The summed E-state index contributed by atoms with van der Waals surface area (Å²) in [6.45, 7) is 8.83. The van der Waals surface area contributed by atoms with Crippen molar-refractivity contribution >= 4 is 24.3 Å². The number of hydrogen-bond acceptors (Lipinski definition) is 6. The lowest BCUT2D eigenvalue weighted by Gasteiger charge is -2.23. The number of carbonyl (C=O) groups excluding carboxylic acids is 2. The van der Waals surface area contributed by atoms with Crippen LogP contribution < -0.4 is 14.8 Å². The molecule has 2 aromatic carbocycles. The first-order valence-corrected chi connectivity index (χ1v) is 9.02. The van der Waals surface area contributed by atoms with Gasteiger partial charge in [-0.1, -0.05) is 42.5 Å². The Kier molecular flexibility index (Phi) is 11.9. The second-order valence-electron chi connectivity index (χ2n) is 7.19. The standard InChI is InChI=1S/C16H23NO5.C6H6.ClH/c1-10(18)21-14-7-6-12(8-15(14)22-11(2)19)13(20)9-17-16(3,4)5;1-2-4-6-5-3-1;/h6-8,13,17,20H,9H2,1-5H3;1-6H;1H. The number of hydrogen-bond donors (Lipinski definition) is 2. The quantitative estimate of drug-likeness (QED) is 0.557. The van der Waals surface area contributed by atoms with E-state index in [2.05, 4.69) is 5.32 Å². The van der Waals surface area contributed by atoms with E-state index in [-0.39, 0.29) is 29.4 Å². The Bertz CT molecular complexity index is 733. The monoisotopic (exact) mass is 423 g/mol. The van der Waals surface area contributed by atoms with Gasteiger partial charge in [-0.15, -0.1) is 12.4 Å². The Labute approximate surface area is 178 Å². The number of aliphatic hydroxyl groups excluding tert-OH is 1. The van der Waals surface area contributed by atoms with Crippen molar-refractivity contribution in [2.24, 2.45) is 0 Å². The van der Waals surface area contributed by atoms with Crippen molar-refractivity contribution in [3.63, 3.8) is 0 Å². The van der Waals surface area contributed by atoms with Crippen LogP contribution in [-0.2, 0) is 9.59 Å². The molecule has 0 heterocycles. The van der Waals surface area contributed by atoms with Crippen molar-refractivity contribution in [1.29, 1.82) is 0 Å². The van der Waals surface area contributed by atoms with Crippen LogP contribution in [0.15, 0.2) is 54.6 Å². The summed E-state index contributed by atoms with van der Waals surface area (Å²) in [5.74, 6) is -0.804. The van der Waals surface area contributed by atoms with E-state index in [9.17, 15) is 14.7 Å². The van der Waals surface area contributed by atoms with Crippen LogP contribution in [0.3, 0.4) is 0 Å². The van der Waals surface area contributed by atoms with Gasteiger partial charge < -0.3 is 19.9 Å². The highest BCUT2D eigenvalue weighted by atomic mass is 35.5. The second kappa shape index (κ2) is 12.9. The summed E-state index contributed by atoms with van der Waals surface area (Å²) in [5, 5.41) is 13.4. The van der Waals surface area contributed by atoms with E-state index in [1.165, 1.54) is 26.0 Å². The molecule has 7 heteroatoms. The first kappa shape index (κ1) is 26.6. The zero-order chi connectivity index (χ0) is 21.2. The molecule has 1 unspecified atom stereocenters. The number of rotatable bonds is 5. The molecule has 0 amide bonds. The lowest BCUT2D eigenvalue weighted by Crippen LogP contribution is -2.38. The van der Waals surface area contributed by atoms with Crippen molar-refractivity contribution in [3.8, 4) is 11.5 Å². The summed E-state index contributed by atoms with van der Waals surface area (Å²) in [7, 11) is 0. The molecule has 160 valence electrons. The fraction of sp³-hybridized carbons (Fsp3) is 0.364. The normalized spacial score (nSPS) is 11.2. The Morgan fingerprint density at radius 3 is 1.79 bits per heavy atom. The van der Waals surface area contributed by atoms with Gasteiger partial charge in [-0.25, -0.2) is 0 Å². The van der Waals surface area contributed by atoms with Crippen LogP contribution in [0.4, 0.5) is 0 Å². The van der Waals surface area contributed by atoms with Crippen LogP contribution >= 0.6 is 12.4 Å². The molecule has 29 heavy (non-hydrogen) atoms. The number of esters is 2. The molecule has 0 aliphatic rings. The molecule has 0 saturated carbocycles. The second-order valence-corrected chi connectivity index (χ2v) is 7.19. The Hall–Kier alpha value is -2.41. The summed E-state index contributed by atoms with van der Waals surface area (Å²) in [6, 6.07) is 16.6. The number of β-amino-alcohol motifs (C(OH)–C–C–N with tert-alkyl or cyclic N) is 1. The minimum absolute atomic E-state index is 0. The average molecular weight is 424 g/mol. The number of ether oxygens (including phenoxy) is 2. The molecule has 0 aromatic heterocycles. The summed E-state index contributed by atoms with van der Waals surface area (Å²) in [5.41, 5.74) is 0.432. The van der Waals surface area contributed by atoms with Crippen molar-refractivity contribution < 1.29 is 24.2 Å². The fourth-order valence-electron chi connectivity index (χ4n) is 2.11. The molecule has 0 spiro atoms. The van der Waals surface area contributed by atoms with Gasteiger partial charge >= 0.3 is 11.9 Å². The SMILES string of the molecule is CC(=O)Oc1ccc(C(O)CNC(C)(C)C)cc1OC(C)=O.Cl.c1ccccc1. The molecule has 0 aliphatic carbocycles. The Morgan fingerprint density at radius 1 is 0.931 bits per heavy atom. The van der Waals surface area contributed by atoms with Gasteiger partial charge in [0.2, 0.25) is 0 Å². The maximum absolute atomic E-state index is 11.2. The average Bonchev–Trinajstić information content (AvgIpc) is 2.61. The summed E-state index contributed by atoms with van der Waals surface area (Å²) in [4.78, 5) is 22.2. The van der Waals surface area contributed by atoms with Crippen molar-refractivity contribution in [2.75, 3.05) is 6.54 Å². The third kappa shape index (κ3) is 11.9. The zero-order valence-corrected chi connectivity index (χ0v) is 18.3. The van der Waals surface area contributed by atoms with E-state index in [4.69, 9.17) is 9.47 Å². The largest absolute Gasteiger partial charge is 0.423 e. The number of aliphatic hydroxyl groups is 1. The van der Waals surface area contributed by atoms with E-state index >= 15 is 0 Å². The maximum Gasteiger partial charge on any atom is 0.308 e. The predicted octanol–water partition coefficient (Wildman–Crippen LogP) is 4.07. The smallest absolute Gasteiger partial charge is 0.308 e. The van der Waals surface area contributed by atoms with Gasteiger partial charge in [0, 0.05) is 25.9 Å².